The Kier molecular flexibility index (Phi) is 2.92. The largest absolute Gasteiger partial charge is 0.379 e. The molecular weight excluding hydrogens is 250 g/mol. The van der Waals surface area contributed by atoms with Crippen LogP contribution in [-0.4, -0.2) is 44.6 Å². The van der Waals surface area contributed by atoms with Gasteiger partial charge in [0.05, 0.1) is 11.9 Å². The molecule has 2 unspecified atom stereocenters. The van der Waals surface area contributed by atoms with Crippen molar-refractivity contribution in [2.75, 3.05) is 18.4 Å². The highest BCUT2D eigenvalue weighted by Crippen LogP contribution is 2.30. The lowest BCUT2D eigenvalue weighted by Crippen LogP contribution is -2.33. The topological polar surface area (TPSA) is 46.0 Å². The number of hydrogen-bond acceptors (Lipinski definition) is 4. The van der Waals surface area contributed by atoms with Crippen molar-refractivity contribution in [3.05, 3.63) is 37.1 Å². The van der Waals surface area contributed by atoms with Gasteiger partial charge < -0.3 is 5.32 Å². The fourth-order valence-electron chi connectivity index (χ4n) is 3.48. The summed E-state index contributed by atoms with van der Waals surface area (Å²) in [5, 5.41) is 3.66. The summed E-state index contributed by atoms with van der Waals surface area (Å²) in [4.78, 5) is 11.2. The Morgan fingerprint density at radius 2 is 2.20 bits per heavy atom. The van der Waals surface area contributed by atoms with Crippen LogP contribution in [0.5, 0.6) is 0 Å². The molecule has 0 amide bonds. The fraction of sp³-hybridized carbons (Fsp3) is 0.467. The molecule has 2 aliphatic heterocycles. The third-order valence-electron chi connectivity index (χ3n) is 4.47. The number of nitrogens with zero attached hydrogens (tertiary/aromatic N) is 4. The van der Waals surface area contributed by atoms with E-state index < -0.39 is 0 Å². The highest BCUT2D eigenvalue weighted by Gasteiger charge is 2.36. The van der Waals surface area contributed by atoms with Gasteiger partial charge in [0, 0.05) is 31.0 Å². The first-order chi connectivity index (χ1) is 9.90. The van der Waals surface area contributed by atoms with Gasteiger partial charge in [0.2, 0.25) is 0 Å². The predicted molar refractivity (Wildman–Crippen MR) is 78.0 cm³/mol. The molecule has 2 aliphatic rings. The predicted octanol–water partition coefficient (Wildman–Crippen LogP) is 1.92. The number of nitrogens with one attached hydrogen (secondary N) is 1. The summed E-state index contributed by atoms with van der Waals surface area (Å²) in [7, 11) is 0. The van der Waals surface area contributed by atoms with Crippen LogP contribution in [0.2, 0.25) is 0 Å². The van der Waals surface area contributed by atoms with Crippen molar-refractivity contribution in [2.24, 2.45) is 0 Å². The Labute approximate surface area is 118 Å². The van der Waals surface area contributed by atoms with E-state index in [2.05, 4.69) is 26.3 Å². The van der Waals surface area contributed by atoms with Gasteiger partial charge in [-0.1, -0.05) is 0 Å². The van der Waals surface area contributed by atoms with Gasteiger partial charge in [-0.25, -0.2) is 9.97 Å². The number of pyridine rings is 1. The second-order valence-corrected chi connectivity index (χ2v) is 5.66. The SMILES string of the molecule is c1cn(-c2ccc(NC3CCN4CCCC34)cn2)cn1. The van der Waals surface area contributed by atoms with Crippen molar-refractivity contribution in [3.8, 4) is 5.82 Å². The first kappa shape index (κ1) is 11.9. The lowest BCUT2D eigenvalue weighted by Gasteiger charge is -2.22. The molecule has 4 rings (SSSR count). The smallest absolute Gasteiger partial charge is 0.137 e. The minimum Gasteiger partial charge on any atom is -0.379 e. The molecule has 0 radical (unpaired) electrons. The summed E-state index contributed by atoms with van der Waals surface area (Å²) in [6.45, 7) is 2.52. The molecule has 1 N–H and O–H groups in total. The number of fused-ring (bicyclic) bond motifs is 1. The van der Waals surface area contributed by atoms with Crippen LogP contribution < -0.4 is 5.32 Å². The van der Waals surface area contributed by atoms with Crippen molar-refractivity contribution in [1.29, 1.82) is 0 Å². The van der Waals surface area contributed by atoms with E-state index in [0.717, 1.165) is 17.5 Å². The van der Waals surface area contributed by atoms with Gasteiger partial charge in [-0.2, -0.15) is 0 Å². The van der Waals surface area contributed by atoms with Crippen LogP contribution in [0, 0.1) is 0 Å². The number of aromatic nitrogens is 3. The van der Waals surface area contributed by atoms with E-state index in [1.165, 1.54) is 32.4 Å². The maximum atomic E-state index is 4.50. The molecule has 0 spiro atoms. The molecule has 0 bridgehead atoms. The van der Waals surface area contributed by atoms with E-state index in [0.29, 0.717) is 6.04 Å². The van der Waals surface area contributed by atoms with Crippen LogP contribution in [0.4, 0.5) is 5.69 Å². The van der Waals surface area contributed by atoms with Gasteiger partial charge in [-0.05, 0) is 37.9 Å². The summed E-state index contributed by atoms with van der Waals surface area (Å²) in [6, 6.07) is 5.45. The van der Waals surface area contributed by atoms with Crippen LogP contribution in [-0.2, 0) is 0 Å². The van der Waals surface area contributed by atoms with Crippen LogP contribution in [0.15, 0.2) is 37.1 Å². The van der Waals surface area contributed by atoms with E-state index >= 15 is 0 Å². The first-order valence-electron chi connectivity index (χ1n) is 7.35. The van der Waals surface area contributed by atoms with Crippen molar-refractivity contribution >= 4 is 5.69 Å². The summed E-state index contributed by atoms with van der Waals surface area (Å²) in [5.74, 6) is 0.905. The summed E-state index contributed by atoms with van der Waals surface area (Å²) in [5.41, 5.74) is 1.12. The Morgan fingerprint density at radius 1 is 1.20 bits per heavy atom. The number of rotatable bonds is 3. The quantitative estimate of drug-likeness (QED) is 0.924. The van der Waals surface area contributed by atoms with Gasteiger partial charge in [0.15, 0.2) is 0 Å². The molecule has 0 aromatic carbocycles. The maximum Gasteiger partial charge on any atom is 0.137 e. The standard InChI is InChI=1S/C15H19N5/c1-2-14-13(5-8-19(14)7-1)18-12-3-4-15(17-10-12)20-9-6-16-11-20/h3-4,6,9-11,13-14,18H,1-2,5,7-8H2. The Hall–Kier alpha value is -1.88. The lowest BCUT2D eigenvalue weighted by atomic mass is 10.1. The van der Waals surface area contributed by atoms with E-state index in [4.69, 9.17) is 0 Å². The molecule has 2 atom stereocenters. The molecular formula is C15H19N5. The maximum absolute atomic E-state index is 4.50. The number of anilines is 1. The molecule has 104 valence electrons. The molecule has 2 aromatic heterocycles. The zero-order valence-corrected chi connectivity index (χ0v) is 11.4. The van der Waals surface area contributed by atoms with E-state index in [1.807, 2.05) is 23.0 Å². The average molecular weight is 269 g/mol. The molecule has 2 aromatic rings. The second-order valence-electron chi connectivity index (χ2n) is 5.66. The van der Waals surface area contributed by atoms with Gasteiger partial charge in [0.1, 0.15) is 12.1 Å². The zero-order chi connectivity index (χ0) is 13.4. The number of hydrogen-bond donors (Lipinski definition) is 1. The minimum atomic E-state index is 0.582. The Balaban J connectivity index is 1.47. The monoisotopic (exact) mass is 269 g/mol. The van der Waals surface area contributed by atoms with Crippen molar-refractivity contribution < 1.29 is 0 Å². The second kappa shape index (κ2) is 4.90. The third kappa shape index (κ3) is 2.08. The molecule has 5 nitrogen and oxygen atoms in total. The normalized spacial score (nSPS) is 25.8. The van der Waals surface area contributed by atoms with E-state index in [9.17, 15) is 0 Å². The zero-order valence-electron chi connectivity index (χ0n) is 11.4. The van der Waals surface area contributed by atoms with Crippen molar-refractivity contribution in [2.45, 2.75) is 31.3 Å². The molecule has 0 saturated carbocycles. The molecule has 0 aliphatic carbocycles. The van der Waals surface area contributed by atoms with Crippen LogP contribution in [0.3, 0.4) is 0 Å². The van der Waals surface area contributed by atoms with Gasteiger partial charge in [-0.3, -0.25) is 9.47 Å². The highest BCUT2D eigenvalue weighted by atomic mass is 15.2. The van der Waals surface area contributed by atoms with Crippen LogP contribution >= 0.6 is 0 Å². The average Bonchev–Trinajstić information content (AvgIpc) is 3.18. The summed E-state index contributed by atoms with van der Waals surface area (Å²) in [6.07, 6.45) is 11.3. The summed E-state index contributed by atoms with van der Waals surface area (Å²) >= 11 is 0. The fourth-order valence-corrected chi connectivity index (χ4v) is 3.48. The van der Waals surface area contributed by atoms with E-state index in [-0.39, 0.29) is 0 Å². The molecule has 5 heteroatoms. The van der Waals surface area contributed by atoms with Crippen molar-refractivity contribution in [1.82, 2.24) is 19.4 Å². The minimum absolute atomic E-state index is 0.582. The molecule has 2 saturated heterocycles. The third-order valence-corrected chi connectivity index (χ3v) is 4.47. The van der Waals surface area contributed by atoms with Gasteiger partial charge >= 0.3 is 0 Å². The first-order valence-corrected chi connectivity index (χ1v) is 7.35. The van der Waals surface area contributed by atoms with Gasteiger partial charge in [-0.15, -0.1) is 0 Å². The highest BCUT2D eigenvalue weighted by molar-refractivity contribution is 5.45. The van der Waals surface area contributed by atoms with Gasteiger partial charge in [0.25, 0.3) is 0 Å². The Bertz CT molecular complexity index is 562. The molecule has 4 heterocycles. The van der Waals surface area contributed by atoms with Crippen LogP contribution in [0.1, 0.15) is 19.3 Å². The molecule has 20 heavy (non-hydrogen) atoms. The Morgan fingerprint density at radius 3 is 3.00 bits per heavy atom. The summed E-state index contributed by atoms with van der Waals surface area (Å²) < 4.78 is 1.91. The lowest BCUT2D eigenvalue weighted by molar-refractivity contribution is 0.318. The molecule has 2 fully saturated rings. The number of imidazole rings is 1. The van der Waals surface area contributed by atoms with Crippen molar-refractivity contribution in [3.63, 3.8) is 0 Å². The van der Waals surface area contributed by atoms with Crippen LogP contribution in [0.25, 0.3) is 5.82 Å². The van der Waals surface area contributed by atoms with E-state index in [1.54, 1.807) is 12.5 Å².